The van der Waals surface area contributed by atoms with Gasteiger partial charge in [0, 0.05) is 17.5 Å². The lowest BCUT2D eigenvalue weighted by molar-refractivity contribution is -0.114. The van der Waals surface area contributed by atoms with Gasteiger partial charge in [-0.25, -0.2) is 4.39 Å². The maximum Gasteiger partial charge on any atom is 0.141 e. The summed E-state index contributed by atoms with van der Waals surface area (Å²) in [5.74, 6) is 0.564. The predicted octanol–water partition coefficient (Wildman–Crippen LogP) is 3.68. The number of carbonyl (C=O) groups excluding carboxylic acids is 1. The van der Waals surface area contributed by atoms with E-state index in [1.807, 2.05) is 6.92 Å². The van der Waals surface area contributed by atoms with Crippen molar-refractivity contribution in [3.8, 4) is 5.75 Å². The molecule has 0 aliphatic heterocycles. The summed E-state index contributed by atoms with van der Waals surface area (Å²) in [5.41, 5.74) is 5.76. The van der Waals surface area contributed by atoms with Crippen molar-refractivity contribution in [2.45, 2.75) is 58.1 Å². The third-order valence-electron chi connectivity index (χ3n) is 4.54. The Morgan fingerprint density at radius 1 is 1.33 bits per heavy atom. The zero-order chi connectivity index (χ0) is 18.3. The molecule has 0 heterocycles. The van der Waals surface area contributed by atoms with Gasteiger partial charge in [0.05, 0.1) is 25.4 Å². The summed E-state index contributed by atoms with van der Waals surface area (Å²) in [6.07, 6.45) is 2.44. The second-order valence-electron chi connectivity index (χ2n) is 6.63. The molecule has 0 saturated heterocycles. The number of aldehydes is 1. The highest BCUT2D eigenvalue weighted by molar-refractivity contribution is 5.63. The number of benzene rings is 1. The van der Waals surface area contributed by atoms with Gasteiger partial charge in [-0.05, 0) is 25.8 Å². The van der Waals surface area contributed by atoms with Crippen LogP contribution in [0.2, 0.25) is 0 Å². The molecular formula is C19H30FNO3. The standard InChI is InChI=1S/C19H30FNO3/c1-6-14(7-2)18(13(3)24-12-19(4,21)11-22)16-9-8-15(20)10-17(16)23-5/h8-11,13-14,18H,6-7,12,21H2,1-5H3/t13-,18-,19+/m0/s1. The van der Waals surface area contributed by atoms with Crippen LogP contribution in [0, 0.1) is 11.7 Å². The van der Waals surface area contributed by atoms with Crippen LogP contribution in [0.25, 0.3) is 0 Å². The van der Waals surface area contributed by atoms with Crippen molar-refractivity contribution in [3.63, 3.8) is 0 Å². The molecule has 0 unspecified atom stereocenters. The fraction of sp³-hybridized carbons (Fsp3) is 0.632. The molecule has 5 heteroatoms. The van der Waals surface area contributed by atoms with E-state index in [1.165, 1.54) is 19.2 Å². The lowest BCUT2D eigenvalue weighted by atomic mass is 9.79. The first-order valence-electron chi connectivity index (χ1n) is 8.49. The van der Waals surface area contributed by atoms with Crippen LogP contribution in [0.1, 0.15) is 52.0 Å². The van der Waals surface area contributed by atoms with Crippen molar-refractivity contribution in [2.24, 2.45) is 11.7 Å². The quantitative estimate of drug-likeness (QED) is 0.661. The third kappa shape index (κ3) is 5.28. The number of hydrogen-bond donors (Lipinski definition) is 1. The minimum atomic E-state index is -1.01. The normalized spacial score (nSPS) is 16.5. The number of carbonyl (C=O) groups is 1. The highest BCUT2D eigenvalue weighted by Crippen LogP contribution is 2.39. The Bertz CT molecular complexity index is 529. The topological polar surface area (TPSA) is 61.6 Å². The zero-order valence-corrected chi connectivity index (χ0v) is 15.3. The molecule has 1 aromatic carbocycles. The fourth-order valence-electron chi connectivity index (χ4n) is 3.10. The minimum Gasteiger partial charge on any atom is -0.496 e. The molecule has 1 aromatic rings. The lowest BCUT2D eigenvalue weighted by Crippen LogP contribution is -2.44. The van der Waals surface area contributed by atoms with Gasteiger partial charge < -0.3 is 20.0 Å². The van der Waals surface area contributed by atoms with E-state index in [0.717, 1.165) is 18.4 Å². The number of nitrogens with two attached hydrogens (primary N) is 1. The predicted molar refractivity (Wildman–Crippen MR) is 93.8 cm³/mol. The molecule has 0 aliphatic rings. The molecule has 0 bridgehead atoms. The Labute approximate surface area is 144 Å². The van der Waals surface area contributed by atoms with Gasteiger partial charge in [-0.2, -0.15) is 0 Å². The van der Waals surface area contributed by atoms with E-state index in [-0.39, 0.29) is 24.4 Å². The smallest absolute Gasteiger partial charge is 0.141 e. The monoisotopic (exact) mass is 339 g/mol. The van der Waals surface area contributed by atoms with Gasteiger partial charge in [-0.3, -0.25) is 0 Å². The maximum absolute atomic E-state index is 13.5. The average Bonchev–Trinajstić information content (AvgIpc) is 2.58. The van der Waals surface area contributed by atoms with E-state index in [0.29, 0.717) is 18.0 Å². The van der Waals surface area contributed by atoms with Crippen molar-refractivity contribution in [1.29, 1.82) is 0 Å². The molecule has 1 rings (SSSR count). The fourth-order valence-corrected chi connectivity index (χ4v) is 3.10. The first-order valence-corrected chi connectivity index (χ1v) is 8.49. The molecule has 4 nitrogen and oxygen atoms in total. The van der Waals surface area contributed by atoms with E-state index < -0.39 is 5.54 Å². The van der Waals surface area contributed by atoms with Crippen LogP contribution in [0.3, 0.4) is 0 Å². The molecule has 0 aliphatic carbocycles. The van der Waals surface area contributed by atoms with Gasteiger partial charge in [0.15, 0.2) is 0 Å². The van der Waals surface area contributed by atoms with Crippen LogP contribution < -0.4 is 10.5 Å². The SMILES string of the molecule is CCC(CC)[C@@H](c1ccc(F)cc1OC)[C@H](C)OC[C@](C)(N)C=O. The lowest BCUT2D eigenvalue weighted by Gasteiger charge is -2.33. The van der Waals surface area contributed by atoms with Crippen LogP contribution >= 0.6 is 0 Å². The second kappa shape index (κ2) is 9.14. The number of rotatable bonds is 10. The summed E-state index contributed by atoms with van der Waals surface area (Å²) in [7, 11) is 1.54. The summed E-state index contributed by atoms with van der Waals surface area (Å²) < 4.78 is 24.9. The average molecular weight is 339 g/mol. The highest BCUT2D eigenvalue weighted by atomic mass is 19.1. The van der Waals surface area contributed by atoms with Crippen LogP contribution in [0.4, 0.5) is 4.39 Å². The zero-order valence-electron chi connectivity index (χ0n) is 15.3. The molecule has 2 N–H and O–H groups in total. The number of hydrogen-bond acceptors (Lipinski definition) is 4. The second-order valence-corrected chi connectivity index (χ2v) is 6.63. The number of methoxy groups -OCH3 is 1. The molecule has 0 saturated carbocycles. The Balaban J connectivity index is 3.15. The Morgan fingerprint density at radius 3 is 2.46 bits per heavy atom. The van der Waals surface area contributed by atoms with E-state index in [9.17, 15) is 9.18 Å². The summed E-state index contributed by atoms with van der Waals surface area (Å²) in [6, 6.07) is 4.60. The molecule has 0 radical (unpaired) electrons. The largest absolute Gasteiger partial charge is 0.496 e. The van der Waals surface area contributed by atoms with Crippen molar-refractivity contribution < 1.29 is 18.7 Å². The van der Waals surface area contributed by atoms with E-state index in [4.69, 9.17) is 15.2 Å². The number of halogens is 1. The maximum atomic E-state index is 13.5. The summed E-state index contributed by atoms with van der Waals surface area (Å²) in [4.78, 5) is 11.0. The number of ether oxygens (including phenoxy) is 2. The Hall–Kier alpha value is -1.46. The molecule has 0 aromatic heterocycles. The van der Waals surface area contributed by atoms with Gasteiger partial charge in [0.1, 0.15) is 17.9 Å². The Morgan fingerprint density at radius 2 is 1.96 bits per heavy atom. The molecule has 0 fully saturated rings. The Kier molecular flexibility index (Phi) is 7.84. The molecule has 136 valence electrons. The molecule has 24 heavy (non-hydrogen) atoms. The van der Waals surface area contributed by atoms with Crippen LogP contribution in [0.5, 0.6) is 5.75 Å². The highest BCUT2D eigenvalue weighted by Gasteiger charge is 2.31. The van der Waals surface area contributed by atoms with Crippen molar-refractivity contribution in [1.82, 2.24) is 0 Å². The van der Waals surface area contributed by atoms with Gasteiger partial charge in [0.25, 0.3) is 0 Å². The molecule has 3 atom stereocenters. The molecule has 0 spiro atoms. The van der Waals surface area contributed by atoms with Crippen LogP contribution in [-0.4, -0.2) is 31.6 Å². The summed E-state index contributed by atoms with van der Waals surface area (Å²) in [6.45, 7) is 7.99. The van der Waals surface area contributed by atoms with Crippen molar-refractivity contribution in [3.05, 3.63) is 29.6 Å². The minimum absolute atomic E-state index is 0.0259. The van der Waals surface area contributed by atoms with E-state index >= 15 is 0 Å². The van der Waals surface area contributed by atoms with Crippen LogP contribution in [-0.2, 0) is 9.53 Å². The summed E-state index contributed by atoms with van der Waals surface area (Å²) >= 11 is 0. The van der Waals surface area contributed by atoms with Crippen molar-refractivity contribution >= 4 is 6.29 Å². The molecule has 0 amide bonds. The van der Waals surface area contributed by atoms with E-state index in [2.05, 4.69) is 13.8 Å². The summed E-state index contributed by atoms with van der Waals surface area (Å²) in [5, 5.41) is 0. The van der Waals surface area contributed by atoms with Gasteiger partial charge in [-0.1, -0.05) is 32.8 Å². The first kappa shape index (κ1) is 20.6. The van der Waals surface area contributed by atoms with Gasteiger partial charge in [-0.15, -0.1) is 0 Å². The first-order chi connectivity index (χ1) is 11.3. The van der Waals surface area contributed by atoms with Gasteiger partial charge in [0.2, 0.25) is 0 Å². The van der Waals surface area contributed by atoms with Gasteiger partial charge >= 0.3 is 0 Å². The van der Waals surface area contributed by atoms with Crippen molar-refractivity contribution in [2.75, 3.05) is 13.7 Å². The van der Waals surface area contributed by atoms with E-state index in [1.54, 1.807) is 13.0 Å². The molecular weight excluding hydrogens is 309 g/mol. The third-order valence-corrected chi connectivity index (χ3v) is 4.54. The van der Waals surface area contributed by atoms with Crippen LogP contribution in [0.15, 0.2) is 18.2 Å².